The summed E-state index contributed by atoms with van der Waals surface area (Å²) in [6, 6.07) is 0. The Bertz CT molecular complexity index is 505. The van der Waals surface area contributed by atoms with Gasteiger partial charge in [0.15, 0.2) is 0 Å². The van der Waals surface area contributed by atoms with Crippen LogP contribution in [0.1, 0.15) is 168 Å². The van der Waals surface area contributed by atoms with Gasteiger partial charge in [0.25, 0.3) is 0 Å². The summed E-state index contributed by atoms with van der Waals surface area (Å²) in [5.41, 5.74) is 0. The van der Waals surface area contributed by atoms with Crippen molar-refractivity contribution in [3.8, 4) is 0 Å². The average molecular weight is 527 g/mol. The first kappa shape index (κ1) is 35.9. The third-order valence-electron chi connectivity index (χ3n) is 7.02. The van der Waals surface area contributed by atoms with E-state index in [0.717, 1.165) is 38.0 Å². The minimum absolute atomic E-state index is 0.110. The first-order valence-corrected chi connectivity index (χ1v) is 15.9. The van der Waals surface area contributed by atoms with Gasteiger partial charge < -0.3 is 14.6 Å². The Labute approximate surface area is 229 Å². The summed E-state index contributed by atoms with van der Waals surface area (Å²) in [7, 11) is 0. The van der Waals surface area contributed by atoms with Crippen LogP contribution in [0.3, 0.4) is 0 Å². The Hall–Kier alpha value is -1.10. The molecule has 1 N–H and O–H groups in total. The van der Waals surface area contributed by atoms with Gasteiger partial charge in [0.05, 0.1) is 0 Å². The summed E-state index contributed by atoms with van der Waals surface area (Å²) < 4.78 is 10.3. The van der Waals surface area contributed by atoms with Gasteiger partial charge in [-0.2, -0.15) is 0 Å². The zero-order valence-corrected chi connectivity index (χ0v) is 24.9. The van der Waals surface area contributed by atoms with Crippen molar-refractivity contribution in [1.29, 1.82) is 0 Å². The van der Waals surface area contributed by atoms with E-state index in [-0.39, 0.29) is 25.2 Å². The topological polar surface area (TPSA) is 72.8 Å². The number of hydrogen-bond donors (Lipinski definition) is 1. The number of carbonyl (C=O) groups is 2. The average Bonchev–Trinajstić information content (AvgIpc) is 2.87. The van der Waals surface area contributed by atoms with E-state index < -0.39 is 6.10 Å². The summed E-state index contributed by atoms with van der Waals surface area (Å²) in [6.07, 6.45) is 25.8. The molecule has 1 atom stereocenters. The molecule has 220 valence electrons. The summed E-state index contributed by atoms with van der Waals surface area (Å²) in [5.74, 6) is 0.248. The highest BCUT2D eigenvalue weighted by molar-refractivity contribution is 5.69. The first-order valence-electron chi connectivity index (χ1n) is 15.9. The molecule has 0 saturated carbocycles. The lowest BCUT2D eigenvalue weighted by Gasteiger charge is -2.12. The fourth-order valence-electron chi connectivity index (χ4n) is 4.56. The van der Waals surface area contributed by atoms with Crippen molar-refractivity contribution >= 4 is 11.9 Å². The fraction of sp³-hybridized carbons (Fsp3) is 0.938. The fourth-order valence-corrected chi connectivity index (χ4v) is 4.56. The largest absolute Gasteiger partial charge is 0.463 e. The zero-order valence-electron chi connectivity index (χ0n) is 24.9. The van der Waals surface area contributed by atoms with Gasteiger partial charge in [-0.15, -0.1) is 0 Å². The number of aliphatic hydroxyl groups excluding tert-OH is 1. The smallest absolute Gasteiger partial charge is 0.305 e. The van der Waals surface area contributed by atoms with Crippen LogP contribution in [0.5, 0.6) is 0 Å². The summed E-state index contributed by atoms with van der Waals surface area (Å²) in [4.78, 5) is 23.7. The van der Waals surface area contributed by atoms with E-state index in [4.69, 9.17) is 9.47 Å². The number of carbonyl (C=O) groups excluding carboxylic acids is 2. The Morgan fingerprint density at radius 3 is 1.22 bits per heavy atom. The van der Waals surface area contributed by atoms with Crippen LogP contribution in [0.25, 0.3) is 0 Å². The molecule has 0 saturated heterocycles. The molecule has 5 nitrogen and oxygen atoms in total. The quantitative estimate of drug-likeness (QED) is 0.0813. The van der Waals surface area contributed by atoms with Gasteiger partial charge >= 0.3 is 11.9 Å². The summed E-state index contributed by atoms with van der Waals surface area (Å²) in [5, 5.41) is 9.93. The standard InChI is InChI=1S/C32H62O5/c1-4-5-6-7-8-9-10-11-12-16-19-22-25-31(34)36-27-30(33)28-37-32(35)26-23-20-17-14-13-15-18-21-24-29(2)3/h29-30,33H,4-28H2,1-3H3/t30-/m1/s1. The molecule has 0 aromatic rings. The second-order valence-corrected chi connectivity index (χ2v) is 11.4. The lowest BCUT2D eigenvalue weighted by Crippen LogP contribution is -2.25. The van der Waals surface area contributed by atoms with Crippen LogP contribution in [-0.4, -0.2) is 36.4 Å². The van der Waals surface area contributed by atoms with Crippen molar-refractivity contribution in [2.75, 3.05) is 13.2 Å². The molecule has 0 fully saturated rings. The molecule has 0 aliphatic carbocycles. The molecule has 0 aromatic heterocycles. The molecule has 0 bridgehead atoms. The molecule has 0 aromatic carbocycles. The van der Waals surface area contributed by atoms with Crippen molar-refractivity contribution in [1.82, 2.24) is 0 Å². The minimum atomic E-state index is -0.953. The molecule has 0 heterocycles. The maximum atomic E-state index is 11.9. The molecule has 0 rings (SSSR count). The highest BCUT2D eigenvalue weighted by Crippen LogP contribution is 2.14. The van der Waals surface area contributed by atoms with E-state index in [2.05, 4.69) is 20.8 Å². The first-order chi connectivity index (χ1) is 18.0. The molecular formula is C32H62O5. The Balaban J connectivity index is 3.42. The monoisotopic (exact) mass is 526 g/mol. The number of hydrogen-bond acceptors (Lipinski definition) is 5. The van der Waals surface area contributed by atoms with Gasteiger partial charge in [-0.1, -0.05) is 143 Å². The van der Waals surface area contributed by atoms with Crippen molar-refractivity contribution in [2.45, 2.75) is 175 Å². The van der Waals surface area contributed by atoms with Crippen LogP contribution in [-0.2, 0) is 19.1 Å². The van der Waals surface area contributed by atoms with Crippen LogP contribution < -0.4 is 0 Å². The van der Waals surface area contributed by atoms with Crippen molar-refractivity contribution in [3.63, 3.8) is 0 Å². The summed E-state index contributed by atoms with van der Waals surface area (Å²) in [6.45, 7) is 6.59. The second-order valence-electron chi connectivity index (χ2n) is 11.4. The molecular weight excluding hydrogens is 464 g/mol. The van der Waals surface area contributed by atoms with Crippen molar-refractivity contribution in [3.05, 3.63) is 0 Å². The van der Waals surface area contributed by atoms with Gasteiger partial charge in [0, 0.05) is 12.8 Å². The molecule has 0 amide bonds. The Morgan fingerprint density at radius 2 is 0.865 bits per heavy atom. The van der Waals surface area contributed by atoms with Crippen molar-refractivity contribution < 1.29 is 24.2 Å². The molecule has 37 heavy (non-hydrogen) atoms. The predicted octanol–water partition coefficient (Wildman–Crippen LogP) is 9.08. The molecule has 5 heteroatoms. The third-order valence-corrected chi connectivity index (χ3v) is 7.02. The van der Waals surface area contributed by atoms with E-state index in [9.17, 15) is 14.7 Å². The number of rotatable bonds is 28. The molecule has 0 unspecified atom stereocenters. The van der Waals surface area contributed by atoms with Gasteiger partial charge in [0.2, 0.25) is 0 Å². The van der Waals surface area contributed by atoms with Gasteiger partial charge in [-0.3, -0.25) is 9.59 Å². The summed E-state index contributed by atoms with van der Waals surface area (Å²) >= 11 is 0. The highest BCUT2D eigenvalue weighted by atomic mass is 16.6. The van der Waals surface area contributed by atoms with Gasteiger partial charge in [0.1, 0.15) is 19.3 Å². The maximum Gasteiger partial charge on any atom is 0.305 e. The number of unbranched alkanes of at least 4 members (excludes halogenated alkanes) is 18. The molecule has 0 aliphatic rings. The van der Waals surface area contributed by atoms with Gasteiger partial charge in [-0.25, -0.2) is 0 Å². The van der Waals surface area contributed by atoms with Crippen LogP contribution in [0.2, 0.25) is 0 Å². The van der Waals surface area contributed by atoms with E-state index in [1.165, 1.54) is 103 Å². The van der Waals surface area contributed by atoms with E-state index in [1.807, 2.05) is 0 Å². The van der Waals surface area contributed by atoms with E-state index >= 15 is 0 Å². The van der Waals surface area contributed by atoms with E-state index in [0.29, 0.717) is 12.8 Å². The SMILES string of the molecule is CCCCCCCCCCCCCCC(=O)OC[C@@H](O)COC(=O)CCCCCCCCCCC(C)C. The lowest BCUT2D eigenvalue weighted by molar-refractivity contribution is -0.152. The Kier molecular flexibility index (Phi) is 27.1. The van der Waals surface area contributed by atoms with Crippen molar-refractivity contribution in [2.24, 2.45) is 5.92 Å². The Morgan fingerprint density at radius 1 is 0.541 bits per heavy atom. The molecule has 0 spiro atoms. The second kappa shape index (κ2) is 27.9. The normalized spacial score (nSPS) is 12.1. The molecule has 0 aliphatic heterocycles. The minimum Gasteiger partial charge on any atom is -0.463 e. The number of esters is 2. The van der Waals surface area contributed by atoms with Crippen LogP contribution in [0.4, 0.5) is 0 Å². The van der Waals surface area contributed by atoms with Crippen LogP contribution >= 0.6 is 0 Å². The maximum absolute atomic E-state index is 11.9. The zero-order chi connectivity index (χ0) is 27.4. The lowest BCUT2D eigenvalue weighted by atomic mass is 10.0. The predicted molar refractivity (Wildman–Crippen MR) is 155 cm³/mol. The van der Waals surface area contributed by atoms with Crippen LogP contribution in [0.15, 0.2) is 0 Å². The molecule has 0 radical (unpaired) electrons. The number of aliphatic hydroxyl groups is 1. The van der Waals surface area contributed by atoms with E-state index in [1.54, 1.807) is 0 Å². The third kappa shape index (κ3) is 29.3. The van der Waals surface area contributed by atoms with Crippen LogP contribution in [0, 0.1) is 5.92 Å². The van der Waals surface area contributed by atoms with Gasteiger partial charge in [-0.05, 0) is 18.8 Å². The number of ether oxygens (including phenoxy) is 2. The highest BCUT2D eigenvalue weighted by Gasteiger charge is 2.12.